The van der Waals surface area contributed by atoms with Gasteiger partial charge in [-0.05, 0) is 78.5 Å². The highest BCUT2D eigenvalue weighted by atomic mass is 28.3. The van der Waals surface area contributed by atoms with E-state index in [-0.39, 0.29) is 5.56 Å². The molecule has 0 unspecified atom stereocenters. The topological polar surface area (TPSA) is 9.23 Å². The molecule has 180 valence electrons. The van der Waals surface area contributed by atoms with Gasteiger partial charge in [0.05, 0.1) is 0 Å². The van der Waals surface area contributed by atoms with Crippen LogP contribution in [0.3, 0.4) is 0 Å². The maximum absolute atomic E-state index is 14.6. The number of benzene rings is 3. The molecule has 34 heavy (non-hydrogen) atoms. The molecule has 1 aliphatic rings. The number of rotatable bonds is 9. The summed E-state index contributed by atoms with van der Waals surface area (Å²) in [6.45, 7) is 0.902. The van der Waals surface area contributed by atoms with Gasteiger partial charge in [0.15, 0.2) is 11.6 Å². The van der Waals surface area contributed by atoms with Crippen LogP contribution >= 0.6 is 0 Å². The SMILES string of the molecule is COCCC[SiH]1CCC(c2ccc(CCc3ccc(-c4ccc(F)c(F)c4)c(F)c3)cc2)CC1. The molecule has 0 aromatic heterocycles. The van der Waals surface area contributed by atoms with Crippen molar-refractivity contribution in [3.63, 3.8) is 0 Å². The molecule has 1 fully saturated rings. The van der Waals surface area contributed by atoms with Gasteiger partial charge < -0.3 is 4.74 Å². The van der Waals surface area contributed by atoms with Gasteiger partial charge in [-0.3, -0.25) is 0 Å². The van der Waals surface area contributed by atoms with Gasteiger partial charge in [0, 0.05) is 28.1 Å². The average Bonchev–Trinajstić information content (AvgIpc) is 2.86. The van der Waals surface area contributed by atoms with E-state index in [0.29, 0.717) is 11.5 Å². The van der Waals surface area contributed by atoms with E-state index in [4.69, 9.17) is 4.74 Å². The van der Waals surface area contributed by atoms with Crippen molar-refractivity contribution in [3.8, 4) is 11.1 Å². The second kappa shape index (κ2) is 11.9. The maximum Gasteiger partial charge on any atom is 0.159 e. The Morgan fingerprint density at radius 2 is 1.50 bits per heavy atom. The van der Waals surface area contributed by atoms with Gasteiger partial charge in [-0.25, -0.2) is 13.2 Å². The third-order valence-corrected chi connectivity index (χ3v) is 10.7. The standard InChI is InChI=1S/C29H33F3OSi/c1-33-15-2-16-34-17-13-24(14-18-34)23-8-5-21(6-9-23)3-4-22-7-11-26(28(31)19-22)25-10-12-27(30)29(32)20-25/h5-12,19-20,24,34H,2-4,13-18H2,1H3. The summed E-state index contributed by atoms with van der Waals surface area (Å²) in [5.41, 5.74) is 4.21. The van der Waals surface area contributed by atoms with E-state index in [2.05, 4.69) is 24.3 Å². The third-order valence-electron chi connectivity index (χ3n) is 7.23. The highest BCUT2D eigenvalue weighted by Crippen LogP contribution is 2.35. The van der Waals surface area contributed by atoms with Crippen LogP contribution in [-0.2, 0) is 17.6 Å². The number of halogens is 3. The lowest BCUT2D eigenvalue weighted by atomic mass is 9.92. The minimum absolute atomic E-state index is 0.281. The molecule has 0 spiro atoms. The van der Waals surface area contributed by atoms with Crippen LogP contribution in [0.25, 0.3) is 11.1 Å². The summed E-state index contributed by atoms with van der Waals surface area (Å²) in [4.78, 5) is 0. The summed E-state index contributed by atoms with van der Waals surface area (Å²) in [7, 11) is 1.23. The second-order valence-corrected chi connectivity index (χ2v) is 13.0. The van der Waals surface area contributed by atoms with Crippen molar-refractivity contribution in [2.45, 2.75) is 56.2 Å². The molecule has 0 bridgehead atoms. The zero-order valence-corrected chi connectivity index (χ0v) is 21.0. The van der Waals surface area contributed by atoms with Gasteiger partial charge in [-0.15, -0.1) is 0 Å². The van der Waals surface area contributed by atoms with Gasteiger partial charge in [-0.2, -0.15) is 0 Å². The van der Waals surface area contributed by atoms with E-state index in [9.17, 15) is 13.2 Å². The van der Waals surface area contributed by atoms with Crippen molar-refractivity contribution < 1.29 is 17.9 Å². The number of ether oxygens (including phenoxy) is 1. The van der Waals surface area contributed by atoms with E-state index >= 15 is 0 Å². The molecule has 0 N–H and O–H groups in total. The fraction of sp³-hybridized carbons (Fsp3) is 0.379. The molecule has 1 heterocycles. The summed E-state index contributed by atoms with van der Waals surface area (Å²) in [6.07, 6.45) is 5.44. The first kappa shape index (κ1) is 24.7. The van der Waals surface area contributed by atoms with Gasteiger partial charge >= 0.3 is 0 Å². The lowest BCUT2D eigenvalue weighted by Crippen LogP contribution is -2.20. The van der Waals surface area contributed by atoms with E-state index in [1.807, 2.05) is 6.07 Å². The Bertz CT molecular complexity index is 1080. The molecule has 3 aromatic carbocycles. The predicted octanol–water partition coefficient (Wildman–Crippen LogP) is 7.70. The van der Waals surface area contributed by atoms with Crippen molar-refractivity contribution in [2.75, 3.05) is 13.7 Å². The first-order valence-electron chi connectivity index (χ1n) is 12.3. The van der Waals surface area contributed by atoms with Crippen molar-refractivity contribution in [2.24, 2.45) is 0 Å². The summed E-state index contributed by atoms with van der Waals surface area (Å²) in [5.74, 6) is -1.63. The Morgan fingerprint density at radius 1 is 0.794 bits per heavy atom. The van der Waals surface area contributed by atoms with E-state index in [1.165, 1.54) is 60.7 Å². The van der Waals surface area contributed by atoms with Gasteiger partial charge in [0.1, 0.15) is 5.82 Å². The van der Waals surface area contributed by atoms with E-state index in [1.54, 1.807) is 13.2 Å². The molecule has 5 heteroatoms. The summed E-state index contributed by atoms with van der Waals surface area (Å²) in [5, 5.41) is 0. The molecular formula is C29H33F3OSi. The van der Waals surface area contributed by atoms with Crippen LogP contribution in [-0.4, -0.2) is 22.5 Å². The van der Waals surface area contributed by atoms with E-state index < -0.39 is 26.2 Å². The number of hydrogen-bond acceptors (Lipinski definition) is 1. The normalized spacial score (nSPS) is 18.2. The summed E-state index contributed by atoms with van der Waals surface area (Å²) >= 11 is 0. The van der Waals surface area contributed by atoms with Crippen LogP contribution in [0.1, 0.15) is 41.9 Å². The molecule has 1 nitrogen and oxygen atoms in total. The Kier molecular flexibility index (Phi) is 8.62. The average molecular weight is 483 g/mol. The van der Waals surface area contributed by atoms with Crippen molar-refractivity contribution in [3.05, 3.63) is 94.8 Å². The largest absolute Gasteiger partial charge is 0.385 e. The Labute approximate surface area is 202 Å². The zero-order chi connectivity index (χ0) is 23.9. The van der Waals surface area contributed by atoms with E-state index in [0.717, 1.165) is 37.1 Å². The summed E-state index contributed by atoms with van der Waals surface area (Å²) < 4.78 is 46.5. The quantitative estimate of drug-likeness (QED) is 0.224. The first-order chi connectivity index (χ1) is 16.5. The highest BCUT2D eigenvalue weighted by molar-refractivity contribution is 6.59. The summed E-state index contributed by atoms with van der Waals surface area (Å²) in [6, 6.07) is 21.8. The first-order valence-corrected chi connectivity index (χ1v) is 14.8. The molecular weight excluding hydrogens is 449 g/mol. The fourth-order valence-electron chi connectivity index (χ4n) is 5.16. The Balaban J connectivity index is 1.30. The molecule has 0 aliphatic carbocycles. The maximum atomic E-state index is 14.6. The highest BCUT2D eigenvalue weighted by Gasteiger charge is 2.23. The van der Waals surface area contributed by atoms with Crippen LogP contribution in [0.4, 0.5) is 13.2 Å². The molecule has 3 aromatic rings. The molecule has 0 atom stereocenters. The molecule has 0 saturated carbocycles. The lowest BCUT2D eigenvalue weighted by molar-refractivity contribution is 0.199. The zero-order valence-electron chi connectivity index (χ0n) is 19.8. The monoisotopic (exact) mass is 482 g/mol. The molecule has 4 rings (SSSR count). The van der Waals surface area contributed by atoms with Crippen LogP contribution < -0.4 is 0 Å². The van der Waals surface area contributed by atoms with Crippen LogP contribution in [0, 0.1) is 17.5 Å². The molecule has 1 aliphatic heterocycles. The molecule has 0 radical (unpaired) electrons. The van der Waals surface area contributed by atoms with Gasteiger partial charge in [0.2, 0.25) is 0 Å². The van der Waals surface area contributed by atoms with Crippen LogP contribution in [0.5, 0.6) is 0 Å². The number of methoxy groups -OCH3 is 1. The van der Waals surface area contributed by atoms with Crippen molar-refractivity contribution in [1.82, 2.24) is 0 Å². The molecule has 0 amide bonds. The predicted molar refractivity (Wildman–Crippen MR) is 136 cm³/mol. The third kappa shape index (κ3) is 6.39. The van der Waals surface area contributed by atoms with Gasteiger partial charge in [-0.1, -0.05) is 60.6 Å². The Hall–Kier alpha value is -2.37. The van der Waals surface area contributed by atoms with Crippen LogP contribution in [0.2, 0.25) is 18.1 Å². The van der Waals surface area contributed by atoms with Crippen LogP contribution in [0.15, 0.2) is 60.7 Å². The number of hydrogen-bond donors (Lipinski definition) is 0. The Morgan fingerprint density at radius 3 is 2.18 bits per heavy atom. The minimum Gasteiger partial charge on any atom is -0.385 e. The molecule has 1 saturated heterocycles. The second-order valence-electron chi connectivity index (χ2n) is 9.54. The van der Waals surface area contributed by atoms with Crippen molar-refractivity contribution >= 4 is 8.80 Å². The van der Waals surface area contributed by atoms with Crippen molar-refractivity contribution in [1.29, 1.82) is 0 Å². The number of aryl methyl sites for hydroxylation is 2. The lowest BCUT2D eigenvalue weighted by Gasteiger charge is -2.28. The smallest absolute Gasteiger partial charge is 0.159 e. The minimum atomic E-state index is -0.971. The fourth-order valence-corrected chi connectivity index (χ4v) is 8.52. The van der Waals surface area contributed by atoms with Gasteiger partial charge in [0.25, 0.3) is 0 Å².